The first kappa shape index (κ1) is 21.4. The Kier molecular flexibility index (Phi) is 7.04. The quantitative estimate of drug-likeness (QED) is 0.190. The van der Waals surface area contributed by atoms with E-state index in [-0.39, 0.29) is 18.1 Å². The van der Waals surface area contributed by atoms with Crippen LogP contribution in [0, 0.1) is 11.3 Å². The average molecular weight is 448 g/mol. The van der Waals surface area contributed by atoms with Crippen LogP contribution >= 0.6 is 15.9 Å². The molecule has 144 valence electrons. The SMILES string of the molecule is CN(C)/C=C(\C#N)C(=O)c1cc2cc(Br)ccc2n1COCC[Si](C)(C)C. The van der Waals surface area contributed by atoms with Crippen LogP contribution in [0.3, 0.4) is 0 Å². The van der Waals surface area contributed by atoms with Crippen molar-refractivity contribution in [2.24, 2.45) is 0 Å². The minimum absolute atomic E-state index is 0.102. The molecule has 0 atom stereocenters. The Balaban J connectivity index is 2.39. The summed E-state index contributed by atoms with van der Waals surface area (Å²) in [6, 6.07) is 10.8. The normalized spacial score (nSPS) is 12.3. The van der Waals surface area contributed by atoms with Gasteiger partial charge in [0.25, 0.3) is 0 Å². The third kappa shape index (κ3) is 5.80. The molecule has 0 fully saturated rings. The lowest BCUT2D eigenvalue weighted by Gasteiger charge is -2.16. The van der Waals surface area contributed by atoms with Gasteiger partial charge in [-0.1, -0.05) is 35.6 Å². The maximum atomic E-state index is 13.0. The molecule has 0 N–H and O–H groups in total. The van der Waals surface area contributed by atoms with Crippen molar-refractivity contribution >= 4 is 40.7 Å². The summed E-state index contributed by atoms with van der Waals surface area (Å²) in [7, 11) is 2.39. The van der Waals surface area contributed by atoms with Gasteiger partial charge in [0.2, 0.25) is 5.78 Å². The lowest BCUT2D eigenvalue weighted by atomic mass is 10.1. The number of hydrogen-bond acceptors (Lipinski definition) is 4. The summed E-state index contributed by atoms with van der Waals surface area (Å²) < 4.78 is 8.69. The van der Waals surface area contributed by atoms with Gasteiger partial charge in [0.15, 0.2) is 0 Å². The second-order valence-corrected chi connectivity index (χ2v) is 14.5. The number of allylic oxidation sites excluding steroid dienone is 1. The number of carbonyl (C=O) groups is 1. The number of benzene rings is 1. The van der Waals surface area contributed by atoms with Crippen LogP contribution in [0.25, 0.3) is 10.9 Å². The van der Waals surface area contributed by atoms with Crippen LogP contribution in [0.4, 0.5) is 0 Å². The standard InChI is InChI=1S/C20H26BrN3O2Si/c1-23(2)13-16(12-22)20(25)19-11-15-10-17(21)6-7-18(15)24(19)14-26-8-9-27(3,4)5/h6-7,10-11,13H,8-9,14H2,1-5H3/b16-13+. The molecule has 0 spiro atoms. The van der Waals surface area contributed by atoms with E-state index in [9.17, 15) is 10.1 Å². The molecule has 27 heavy (non-hydrogen) atoms. The molecule has 0 saturated carbocycles. The lowest BCUT2D eigenvalue weighted by Crippen LogP contribution is -2.22. The van der Waals surface area contributed by atoms with E-state index in [0.717, 1.165) is 21.4 Å². The Morgan fingerprint density at radius 3 is 2.63 bits per heavy atom. The number of nitriles is 1. The van der Waals surface area contributed by atoms with Crippen LogP contribution in [0.1, 0.15) is 10.5 Å². The Labute approximate surface area is 170 Å². The smallest absolute Gasteiger partial charge is 0.221 e. The van der Waals surface area contributed by atoms with Gasteiger partial charge in [0.1, 0.15) is 18.4 Å². The molecule has 1 aromatic carbocycles. The van der Waals surface area contributed by atoms with E-state index in [4.69, 9.17) is 4.74 Å². The number of nitrogens with zero attached hydrogens (tertiary/aromatic N) is 3. The molecule has 0 aliphatic heterocycles. The van der Waals surface area contributed by atoms with E-state index < -0.39 is 8.07 Å². The molecule has 0 unspecified atom stereocenters. The van der Waals surface area contributed by atoms with Gasteiger partial charge < -0.3 is 14.2 Å². The number of Topliss-reactive ketones (excluding diaryl/α,β-unsaturated/α-hetero) is 1. The van der Waals surface area contributed by atoms with Crippen LogP contribution in [-0.4, -0.2) is 44.0 Å². The molecule has 0 amide bonds. The molecular formula is C20H26BrN3O2Si. The van der Waals surface area contributed by atoms with Crippen molar-refractivity contribution in [2.45, 2.75) is 32.4 Å². The molecule has 2 aromatic rings. The van der Waals surface area contributed by atoms with Gasteiger partial charge in [-0.3, -0.25) is 4.79 Å². The Morgan fingerprint density at radius 1 is 1.33 bits per heavy atom. The van der Waals surface area contributed by atoms with Crippen LogP contribution < -0.4 is 0 Å². The molecule has 0 radical (unpaired) electrons. The molecular weight excluding hydrogens is 422 g/mol. The highest BCUT2D eigenvalue weighted by molar-refractivity contribution is 9.10. The zero-order valence-electron chi connectivity index (χ0n) is 16.5. The first-order valence-corrected chi connectivity index (χ1v) is 13.3. The largest absolute Gasteiger partial charge is 0.382 e. The van der Waals surface area contributed by atoms with E-state index in [1.165, 1.54) is 0 Å². The summed E-state index contributed by atoms with van der Waals surface area (Å²) in [5.41, 5.74) is 1.48. The number of ether oxygens (including phenoxy) is 1. The summed E-state index contributed by atoms with van der Waals surface area (Å²) in [5, 5.41) is 10.3. The number of halogens is 1. The molecule has 1 heterocycles. The second-order valence-electron chi connectivity index (χ2n) is 7.96. The maximum absolute atomic E-state index is 13.0. The number of fused-ring (bicyclic) bond motifs is 1. The van der Waals surface area contributed by atoms with Crippen LogP contribution in [0.2, 0.25) is 25.7 Å². The Morgan fingerprint density at radius 2 is 2.04 bits per heavy atom. The first-order valence-electron chi connectivity index (χ1n) is 8.82. The van der Waals surface area contributed by atoms with E-state index in [1.807, 2.05) is 34.9 Å². The van der Waals surface area contributed by atoms with E-state index >= 15 is 0 Å². The summed E-state index contributed by atoms with van der Waals surface area (Å²) in [6.45, 7) is 7.87. The van der Waals surface area contributed by atoms with Crippen LogP contribution in [0.5, 0.6) is 0 Å². The third-order valence-corrected chi connectivity index (χ3v) is 6.26. The number of ketones is 1. The highest BCUT2D eigenvalue weighted by Crippen LogP contribution is 2.25. The van der Waals surface area contributed by atoms with Crippen molar-refractivity contribution < 1.29 is 9.53 Å². The van der Waals surface area contributed by atoms with Crippen LogP contribution in [0.15, 0.2) is 40.5 Å². The van der Waals surface area contributed by atoms with Crippen molar-refractivity contribution in [1.29, 1.82) is 5.26 Å². The van der Waals surface area contributed by atoms with Crippen LogP contribution in [-0.2, 0) is 11.5 Å². The number of hydrogen-bond donors (Lipinski definition) is 0. The predicted octanol–water partition coefficient (Wildman–Crippen LogP) is 4.87. The Hall–Kier alpha value is -1.88. The molecule has 2 rings (SSSR count). The summed E-state index contributed by atoms with van der Waals surface area (Å²) in [5.74, 6) is -0.299. The van der Waals surface area contributed by atoms with Crippen molar-refractivity contribution in [2.75, 3.05) is 20.7 Å². The van der Waals surface area contributed by atoms with E-state index in [1.54, 1.807) is 25.2 Å². The minimum Gasteiger partial charge on any atom is -0.382 e. The summed E-state index contributed by atoms with van der Waals surface area (Å²) in [4.78, 5) is 14.7. The fraction of sp³-hybridized carbons (Fsp3) is 0.400. The molecule has 0 saturated heterocycles. The Bertz CT molecular complexity index is 904. The van der Waals surface area contributed by atoms with Gasteiger partial charge in [0, 0.05) is 44.8 Å². The summed E-state index contributed by atoms with van der Waals surface area (Å²) in [6.07, 6.45) is 1.55. The molecule has 7 heteroatoms. The van der Waals surface area contributed by atoms with Gasteiger partial charge in [-0.15, -0.1) is 0 Å². The zero-order valence-corrected chi connectivity index (χ0v) is 19.1. The molecule has 1 aromatic heterocycles. The average Bonchev–Trinajstić information content (AvgIpc) is 2.92. The van der Waals surface area contributed by atoms with Crippen molar-refractivity contribution in [3.63, 3.8) is 0 Å². The van der Waals surface area contributed by atoms with Gasteiger partial charge in [-0.25, -0.2) is 0 Å². The molecule has 0 aliphatic rings. The minimum atomic E-state index is -1.18. The molecule has 5 nitrogen and oxygen atoms in total. The van der Waals surface area contributed by atoms with Gasteiger partial charge in [0.05, 0.1) is 11.2 Å². The zero-order chi connectivity index (χ0) is 20.2. The predicted molar refractivity (Wildman–Crippen MR) is 115 cm³/mol. The van der Waals surface area contributed by atoms with E-state index in [0.29, 0.717) is 12.3 Å². The summed E-state index contributed by atoms with van der Waals surface area (Å²) >= 11 is 3.47. The topological polar surface area (TPSA) is 58.3 Å². The van der Waals surface area contributed by atoms with Gasteiger partial charge in [-0.05, 0) is 30.3 Å². The second kappa shape index (κ2) is 8.87. The van der Waals surface area contributed by atoms with Crippen molar-refractivity contribution in [3.05, 3.63) is 46.2 Å². The monoisotopic (exact) mass is 447 g/mol. The highest BCUT2D eigenvalue weighted by Gasteiger charge is 2.20. The van der Waals surface area contributed by atoms with Crippen molar-refractivity contribution in [1.82, 2.24) is 9.47 Å². The van der Waals surface area contributed by atoms with Crippen molar-refractivity contribution in [3.8, 4) is 6.07 Å². The van der Waals surface area contributed by atoms with Gasteiger partial charge in [-0.2, -0.15) is 5.26 Å². The number of rotatable bonds is 8. The molecule has 0 aliphatic carbocycles. The first-order chi connectivity index (χ1) is 12.6. The van der Waals surface area contributed by atoms with Gasteiger partial charge >= 0.3 is 0 Å². The lowest BCUT2D eigenvalue weighted by molar-refractivity contribution is 0.0842. The number of aromatic nitrogens is 1. The maximum Gasteiger partial charge on any atom is 0.221 e. The fourth-order valence-electron chi connectivity index (χ4n) is 2.64. The fourth-order valence-corrected chi connectivity index (χ4v) is 3.77. The molecule has 0 bridgehead atoms. The number of carbonyl (C=O) groups excluding carboxylic acids is 1. The third-order valence-electron chi connectivity index (χ3n) is 4.07. The highest BCUT2D eigenvalue weighted by atomic mass is 79.9. The van der Waals surface area contributed by atoms with E-state index in [2.05, 4.69) is 35.6 Å².